The Morgan fingerprint density at radius 3 is 2.00 bits per heavy atom. The number of anilines is 1. The van der Waals surface area contributed by atoms with E-state index in [4.69, 9.17) is 0 Å². The van der Waals surface area contributed by atoms with Crippen LogP contribution in [0.5, 0.6) is 0 Å². The highest BCUT2D eigenvalue weighted by atomic mass is 15.1. The van der Waals surface area contributed by atoms with Crippen LogP contribution < -0.4 is 4.90 Å². The maximum atomic E-state index is 2.29. The Hall–Kier alpha value is -0.980. The summed E-state index contributed by atoms with van der Waals surface area (Å²) in [5.41, 5.74) is 2.75. The Bertz CT molecular complexity index is 287. The van der Waals surface area contributed by atoms with Gasteiger partial charge in [-0.05, 0) is 43.9 Å². The van der Waals surface area contributed by atoms with Crippen LogP contribution in [0.2, 0.25) is 0 Å². The van der Waals surface area contributed by atoms with Gasteiger partial charge in [0.25, 0.3) is 0 Å². The molecule has 1 aromatic carbocycles. The molecular formula is C14H23N. The Labute approximate surface area is 94.1 Å². The number of hydrogen-bond donors (Lipinski definition) is 0. The van der Waals surface area contributed by atoms with Gasteiger partial charge in [-0.15, -0.1) is 0 Å². The SMILES string of the molecule is CCC(C)c1ccc(N(C)C(C)C)cc1. The largest absolute Gasteiger partial charge is 0.372 e. The highest BCUT2D eigenvalue weighted by Crippen LogP contribution is 2.22. The van der Waals surface area contributed by atoms with Gasteiger partial charge in [-0.3, -0.25) is 0 Å². The van der Waals surface area contributed by atoms with Crippen molar-refractivity contribution in [1.29, 1.82) is 0 Å². The van der Waals surface area contributed by atoms with Crippen molar-refractivity contribution < 1.29 is 0 Å². The van der Waals surface area contributed by atoms with Crippen LogP contribution >= 0.6 is 0 Å². The third-order valence-electron chi connectivity index (χ3n) is 3.26. The van der Waals surface area contributed by atoms with Gasteiger partial charge in [-0.2, -0.15) is 0 Å². The maximum Gasteiger partial charge on any atom is 0.0366 e. The first-order valence-corrected chi connectivity index (χ1v) is 5.89. The summed E-state index contributed by atoms with van der Waals surface area (Å²) in [6.07, 6.45) is 1.21. The van der Waals surface area contributed by atoms with E-state index < -0.39 is 0 Å². The number of benzene rings is 1. The molecule has 0 heterocycles. The van der Waals surface area contributed by atoms with Crippen LogP contribution in [0.4, 0.5) is 5.69 Å². The van der Waals surface area contributed by atoms with E-state index >= 15 is 0 Å². The molecule has 0 fully saturated rings. The minimum Gasteiger partial charge on any atom is -0.372 e. The van der Waals surface area contributed by atoms with E-state index in [9.17, 15) is 0 Å². The van der Waals surface area contributed by atoms with E-state index in [0.29, 0.717) is 12.0 Å². The summed E-state index contributed by atoms with van der Waals surface area (Å²) in [6.45, 7) is 8.94. The van der Waals surface area contributed by atoms with Gasteiger partial charge in [0.2, 0.25) is 0 Å². The van der Waals surface area contributed by atoms with Gasteiger partial charge in [-0.25, -0.2) is 0 Å². The van der Waals surface area contributed by atoms with Gasteiger partial charge < -0.3 is 4.90 Å². The zero-order chi connectivity index (χ0) is 11.4. The summed E-state index contributed by atoms with van der Waals surface area (Å²) >= 11 is 0. The van der Waals surface area contributed by atoms with E-state index in [-0.39, 0.29) is 0 Å². The fraction of sp³-hybridized carbons (Fsp3) is 0.571. The smallest absolute Gasteiger partial charge is 0.0366 e. The number of hydrogen-bond acceptors (Lipinski definition) is 1. The first-order chi connectivity index (χ1) is 7.06. The van der Waals surface area contributed by atoms with E-state index in [1.54, 1.807) is 0 Å². The second-order valence-corrected chi connectivity index (χ2v) is 4.61. The van der Waals surface area contributed by atoms with Crippen LogP contribution in [-0.2, 0) is 0 Å². The van der Waals surface area contributed by atoms with Crippen molar-refractivity contribution in [2.45, 2.75) is 46.1 Å². The molecule has 1 aromatic rings. The molecule has 1 unspecified atom stereocenters. The molecule has 1 rings (SSSR count). The van der Waals surface area contributed by atoms with Crippen molar-refractivity contribution in [2.75, 3.05) is 11.9 Å². The molecule has 0 radical (unpaired) electrons. The van der Waals surface area contributed by atoms with Gasteiger partial charge in [0, 0.05) is 18.8 Å². The van der Waals surface area contributed by atoms with Crippen molar-refractivity contribution >= 4 is 5.69 Å². The lowest BCUT2D eigenvalue weighted by molar-refractivity contribution is 0.730. The van der Waals surface area contributed by atoms with Crippen molar-refractivity contribution in [3.63, 3.8) is 0 Å². The molecule has 0 bridgehead atoms. The second-order valence-electron chi connectivity index (χ2n) is 4.61. The van der Waals surface area contributed by atoms with E-state index in [1.165, 1.54) is 17.7 Å². The summed E-state index contributed by atoms with van der Waals surface area (Å²) in [5, 5.41) is 0. The van der Waals surface area contributed by atoms with Crippen molar-refractivity contribution in [3.05, 3.63) is 29.8 Å². The first-order valence-electron chi connectivity index (χ1n) is 5.89. The Kier molecular flexibility index (Phi) is 4.19. The summed E-state index contributed by atoms with van der Waals surface area (Å²) in [7, 11) is 2.14. The fourth-order valence-corrected chi connectivity index (χ4v) is 1.57. The topological polar surface area (TPSA) is 3.24 Å². The molecule has 1 heteroatoms. The molecule has 0 aliphatic heterocycles. The molecule has 0 amide bonds. The standard InChI is InChI=1S/C14H23N/c1-6-12(4)13-7-9-14(10-8-13)15(5)11(2)3/h7-12H,6H2,1-5H3. The highest BCUT2D eigenvalue weighted by molar-refractivity contribution is 5.47. The molecule has 84 valence electrons. The second kappa shape index (κ2) is 5.20. The van der Waals surface area contributed by atoms with Crippen molar-refractivity contribution in [3.8, 4) is 0 Å². The van der Waals surface area contributed by atoms with Gasteiger partial charge in [0.1, 0.15) is 0 Å². The summed E-state index contributed by atoms with van der Waals surface area (Å²) < 4.78 is 0. The van der Waals surface area contributed by atoms with Crippen LogP contribution in [0.1, 0.15) is 45.6 Å². The Morgan fingerprint density at radius 2 is 1.60 bits per heavy atom. The van der Waals surface area contributed by atoms with Crippen LogP contribution in [0.3, 0.4) is 0 Å². The lowest BCUT2D eigenvalue weighted by Gasteiger charge is -2.24. The molecular weight excluding hydrogens is 182 g/mol. The van der Waals surface area contributed by atoms with Crippen LogP contribution in [-0.4, -0.2) is 13.1 Å². The maximum absolute atomic E-state index is 2.29. The predicted octanol–water partition coefficient (Wildman–Crippen LogP) is 4.04. The molecule has 0 aliphatic carbocycles. The van der Waals surface area contributed by atoms with Crippen LogP contribution in [0, 0.1) is 0 Å². The lowest BCUT2D eigenvalue weighted by Crippen LogP contribution is -2.25. The van der Waals surface area contributed by atoms with Gasteiger partial charge >= 0.3 is 0 Å². The zero-order valence-corrected chi connectivity index (χ0v) is 10.6. The van der Waals surface area contributed by atoms with E-state index in [2.05, 4.69) is 63.9 Å². The normalized spacial score (nSPS) is 12.9. The van der Waals surface area contributed by atoms with Crippen molar-refractivity contribution in [2.24, 2.45) is 0 Å². The van der Waals surface area contributed by atoms with Crippen LogP contribution in [0.25, 0.3) is 0 Å². The highest BCUT2D eigenvalue weighted by Gasteiger charge is 2.06. The molecule has 0 saturated heterocycles. The summed E-state index contributed by atoms with van der Waals surface area (Å²) in [6, 6.07) is 9.51. The van der Waals surface area contributed by atoms with E-state index in [0.717, 1.165) is 0 Å². The molecule has 1 atom stereocenters. The first kappa shape index (κ1) is 12.1. The predicted molar refractivity (Wildman–Crippen MR) is 68.7 cm³/mol. The van der Waals surface area contributed by atoms with Gasteiger partial charge in [0.15, 0.2) is 0 Å². The molecule has 0 saturated carbocycles. The average Bonchev–Trinajstić information content (AvgIpc) is 2.27. The number of nitrogens with zero attached hydrogens (tertiary/aromatic N) is 1. The Balaban J connectivity index is 2.80. The quantitative estimate of drug-likeness (QED) is 0.717. The molecule has 15 heavy (non-hydrogen) atoms. The third kappa shape index (κ3) is 2.98. The summed E-state index contributed by atoms with van der Waals surface area (Å²) in [5.74, 6) is 0.670. The molecule has 1 nitrogen and oxygen atoms in total. The average molecular weight is 205 g/mol. The number of rotatable bonds is 4. The molecule has 0 N–H and O–H groups in total. The zero-order valence-electron chi connectivity index (χ0n) is 10.6. The third-order valence-corrected chi connectivity index (χ3v) is 3.26. The minimum absolute atomic E-state index is 0.555. The molecule has 0 aromatic heterocycles. The van der Waals surface area contributed by atoms with Gasteiger partial charge in [0.05, 0.1) is 0 Å². The minimum atomic E-state index is 0.555. The summed E-state index contributed by atoms with van der Waals surface area (Å²) in [4.78, 5) is 2.29. The molecule has 0 aliphatic rings. The Morgan fingerprint density at radius 1 is 1.07 bits per heavy atom. The lowest BCUT2D eigenvalue weighted by atomic mass is 9.98. The monoisotopic (exact) mass is 205 g/mol. The van der Waals surface area contributed by atoms with E-state index in [1.807, 2.05) is 0 Å². The van der Waals surface area contributed by atoms with Crippen LogP contribution in [0.15, 0.2) is 24.3 Å². The molecule has 0 spiro atoms. The fourth-order valence-electron chi connectivity index (χ4n) is 1.57. The van der Waals surface area contributed by atoms with Gasteiger partial charge in [-0.1, -0.05) is 26.0 Å². The van der Waals surface area contributed by atoms with Crippen molar-refractivity contribution in [1.82, 2.24) is 0 Å².